The first-order valence-electron chi connectivity index (χ1n) is 6.62. The molecule has 1 saturated carbocycles. The molecule has 110 valence electrons. The Morgan fingerprint density at radius 1 is 1.37 bits per heavy atom. The molecule has 19 heavy (non-hydrogen) atoms. The van der Waals surface area contributed by atoms with E-state index in [1.165, 1.54) is 6.42 Å². The first-order valence-corrected chi connectivity index (χ1v) is 7.84. The number of urea groups is 1. The van der Waals surface area contributed by atoms with Crippen molar-refractivity contribution >= 4 is 23.8 Å². The van der Waals surface area contributed by atoms with Gasteiger partial charge in [0, 0.05) is 23.3 Å². The number of carboxylic acid groups (broad SMARTS) is 1. The van der Waals surface area contributed by atoms with Crippen LogP contribution < -0.4 is 10.6 Å². The molecule has 0 radical (unpaired) electrons. The van der Waals surface area contributed by atoms with Crippen LogP contribution in [0.15, 0.2) is 0 Å². The van der Waals surface area contributed by atoms with Crippen molar-refractivity contribution in [1.82, 2.24) is 10.6 Å². The Labute approximate surface area is 118 Å². The summed E-state index contributed by atoms with van der Waals surface area (Å²) in [4.78, 5) is 22.4. The van der Waals surface area contributed by atoms with Crippen molar-refractivity contribution in [3.63, 3.8) is 0 Å². The third kappa shape index (κ3) is 5.30. The summed E-state index contributed by atoms with van der Waals surface area (Å²) in [5, 5.41) is 14.4. The molecule has 0 aromatic carbocycles. The van der Waals surface area contributed by atoms with Crippen LogP contribution in [-0.4, -0.2) is 40.2 Å². The van der Waals surface area contributed by atoms with Gasteiger partial charge in [0.1, 0.15) is 0 Å². The molecule has 1 fully saturated rings. The quantitative estimate of drug-likeness (QED) is 0.671. The van der Waals surface area contributed by atoms with Gasteiger partial charge in [0.25, 0.3) is 0 Å². The number of hydrogen-bond acceptors (Lipinski definition) is 3. The summed E-state index contributed by atoms with van der Waals surface area (Å²) >= 11 is 1.81. The number of carbonyl (C=O) groups is 2. The second-order valence-corrected chi connectivity index (χ2v) is 7.10. The Morgan fingerprint density at radius 2 is 2.00 bits per heavy atom. The molecule has 0 aromatic rings. The topological polar surface area (TPSA) is 78.4 Å². The normalized spacial score (nSPS) is 17.4. The highest BCUT2D eigenvalue weighted by Crippen LogP contribution is 2.42. The predicted octanol–water partition coefficient (Wildman–Crippen LogP) is 2.21. The summed E-state index contributed by atoms with van der Waals surface area (Å²) in [6.45, 7) is 4.35. The van der Waals surface area contributed by atoms with E-state index in [9.17, 15) is 9.59 Å². The molecule has 1 rings (SSSR count). The third-order valence-electron chi connectivity index (χ3n) is 3.68. The number of carboxylic acids is 1. The maximum absolute atomic E-state index is 11.8. The Morgan fingerprint density at radius 3 is 2.42 bits per heavy atom. The van der Waals surface area contributed by atoms with Crippen LogP contribution in [0.25, 0.3) is 0 Å². The van der Waals surface area contributed by atoms with E-state index in [2.05, 4.69) is 16.9 Å². The van der Waals surface area contributed by atoms with Crippen LogP contribution in [0.3, 0.4) is 0 Å². The number of hydrogen-bond donors (Lipinski definition) is 3. The second-order valence-electron chi connectivity index (χ2n) is 5.83. The van der Waals surface area contributed by atoms with Gasteiger partial charge in [0.15, 0.2) is 0 Å². The Bertz CT molecular complexity index is 335. The van der Waals surface area contributed by atoms with Gasteiger partial charge in [0.2, 0.25) is 0 Å². The molecule has 2 amide bonds. The van der Waals surface area contributed by atoms with E-state index >= 15 is 0 Å². The highest BCUT2D eigenvalue weighted by molar-refractivity contribution is 8.00. The van der Waals surface area contributed by atoms with Gasteiger partial charge >= 0.3 is 12.0 Å². The van der Waals surface area contributed by atoms with Crippen LogP contribution in [0.1, 0.15) is 46.0 Å². The summed E-state index contributed by atoms with van der Waals surface area (Å²) in [5.74, 6) is -0.842. The fraction of sp³-hybridized carbons (Fsp3) is 0.846. The zero-order valence-electron chi connectivity index (χ0n) is 11.9. The van der Waals surface area contributed by atoms with Crippen molar-refractivity contribution in [3.05, 3.63) is 0 Å². The van der Waals surface area contributed by atoms with E-state index in [-0.39, 0.29) is 17.2 Å². The molecule has 1 aliphatic rings. The van der Waals surface area contributed by atoms with Crippen LogP contribution in [-0.2, 0) is 4.79 Å². The lowest BCUT2D eigenvalue weighted by Gasteiger charge is -2.40. The third-order valence-corrected chi connectivity index (χ3v) is 5.10. The molecule has 1 aliphatic carbocycles. The Hall–Kier alpha value is -0.910. The van der Waals surface area contributed by atoms with Gasteiger partial charge in [-0.1, -0.05) is 6.42 Å². The van der Waals surface area contributed by atoms with Gasteiger partial charge in [-0.05, 0) is 39.4 Å². The van der Waals surface area contributed by atoms with Crippen molar-refractivity contribution in [2.24, 2.45) is 0 Å². The number of rotatable bonds is 7. The maximum Gasteiger partial charge on any atom is 0.315 e. The Balaban J connectivity index is 2.31. The zero-order valence-corrected chi connectivity index (χ0v) is 12.7. The minimum Gasteiger partial charge on any atom is -0.481 e. The summed E-state index contributed by atoms with van der Waals surface area (Å²) in [7, 11) is 0. The number of aliphatic carboxylic acids is 1. The lowest BCUT2D eigenvalue weighted by atomic mass is 9.84. The summed E-state index contributed by atoms with van der Waals surface area (Å²) in [5.41, 5.74) is -0.505. The molecule has 0 heterocycles. The monoisotopic (exact) mass is 288 g/mol. The van der Waals surface area contributed by atoms with E-state index in [1.54, 1.807) is 0 Å². The number of thioether (sulfide) groups is 1. The smallest absolute Gasteiger partial charge is 0.315 e. The van der Waals surface area contributed by atoms with Crippen LogP contribution in [0.2, 0.25) is 0 Å². The number of carbonyl (C=O) groups excluding carboxylic acids is 1. The van der Waals surface area contributed by atoms with Gasteiger partial charge in [-0.15, -0.1) is 0 Å². The predicted molar refractivity (Wildman–Crippen MR) is 77.6 cm³/mol. The highest BCUT2D eigenvalue weighted by Gasteiger charge is 2.36. The molecule has 0 unspecified atom stereocenters. The highest BCUT2D eigenvalue weighted by atomic mass is 32.2. The molecular formula is C13H24N2O3S. The summed E-state index contributed by atoms with van der Waals surface area (Å²) < 4.78 is 0.211. The van der Waals surface area contributed by atoms with Crippen LogP contribution in [0.5, 0.6) is 0 Å². The van der Waals surface area contributed by atoms with Gasteiger partial charge in [0.05, 0.1) is 0 Å². The Kier molecular flexibility index (Phi) is 5.52. The minimum atomic E-state index is -0.842. The minimum absolute atomic E-state index is 0.0576. The van der Waals surface area contributed by atoms with E-state index in [1.807, 2.05) is 25.6 Å². The fourth-order valence-electron chi connectivity index (χ4n) is 2.10. The molecule has 0 spiro atoms. The maximum atomic E-state index is 11.8. The van der Waals surface area contributed by atoms with Gasteiger partial charge < -0.3 is 15.7 Å². The summed E-state index contributed by atoms with van der Waals surface area (Å²) in [6, 6.07) is -0.212. The fourth-order valence-corrected chi connectivity index (χ4v) is 3.01. The number of nitrogens with one attached hydrogen (secondary N) is 2. The second kappa shape index (κ2) is 6.50. The van der Waals surface area contributed by atoms with Crippen LogP contribution >= 0.6 is 11.8 Å². The van der Waals surface area contributed by atoms with Gasteiger partial charge in [-0.2, -0.15) is 11.8 Å². The van der Waals surface area contributed by atoms with E-state index < -0.39 is 11.5 Å². The van der Waals surface area contributed by atoms with Crippen molar-refractivity contribution in [2.75, 3.05) is 12.8 Å². The average Bonchev–Trinajstić information content (AvgIpc) is 2.25. The molecule has 0 aromatic heterocycles. The summed E-state index contributed by atoms with van der Waals surface area (Å²) in [6.07, 6.45) is 6.09. The number of amides is 2. The van der Waals surface area contributed by atoms with Crippen molar-refractivity contribution in [2.45, 2.75) is 56.2 Å². The van der Waals surface area contributed by atoms with Crippen LogP contribution in [0.4, 0.5) is 4.79 Å². The standard InChI is InChI=1S/C13H24N2O3S/c1-12(2,8-5-10(16)17)15-11(18)14-9-13(19-3)6-4-7-13/h4-9H2,1-3H3,(H,16,17)(H2,14,15,18). The largest absolute Gasteiger partial charge is 0.481 e. The molecule has 0 saturated heterocycles. The van der Waals surface area contributed by atoms with E-state index in [0.29, 0.717) is 13.0 Å². The van der Waals surface area contributed by atoms with E-state index in [0.717, 1.165) is 12.8 Å². The van der Waals surface area contributed by atoms with Crippen LogP contribution in [0, 0.1) is 0 Å². The lowest BCUT2D eigenvalue weighted by Crippen LogP contribution is -2.53. The molecule has 5 nitrogen and oxygen atoms in total. The SMILES string of the molecule is CSC1(CNC(=O)NC(C)(C)CCC(=O)O)CCC1. The van der Waals surface area contributed by atoms with Gasteiger partial charge in [-0.3, -0.25) is 4.79 Å². The lowest BCUT2D eigenvalue weighted by molar-refractivity contribution is -0.137. The molecule has 0 bridgehead atoms. The average molecular weight is 288 g/mol. The van der Waals surface area contributed by atoms with Crippen molar-refractivity contribution in [3.8, 4) is 0 Å². The molecule has 0 atom stereocenters. The first kappa shape index (κ1) is 16.1. The van der Waals surface area contributed by atoms with Crippen molar-refractivity contribution < 1.29 is 14.7 Å². The zero-order chi connectivity index (χ0) is 14.5. The molecular weight excluding hydrogens is 264 g/mol. The first-order chi connectivity index (χ1) is 8.79. The van der Waals surface area contributed by atoms with Gasteiger partial charge in [-0.25, -0.2) is 4.79 Å². The molecule has 6 heteroatoms. The van der Waals surface area contributed by atoms with E-state index in [4.69, 9.17) is 5.11 Å². The van der Waals surface area contributed by atoms with Crippen molar-refractivity contribution in [1.29, 1.82) is 0 Å². The molecule has 0 aliphatic heterocycles. The molecule has 3 N–H and O–H groups in total.